The van der Waals surface area contributed by atoms with Crippen molar-refractivity contribution in [2.45, 2.75) is 64.6 Å². The van der Waals surface area contributed by atoms with E-state index in [0.717, 1.165) is 19.4 Å². The van der Waals surface area contributed by atoms with E-state index in [1.807, 2.05) is 0 Å². The molecule has 1 rings (SSSR count). The third-order valence-corrected chi connectivity index (χ3v) is 3.63. The largest absolute Gasteiger partial charge is 0.353 e. The van der Waals surface area contributed by atoms with Crippen molar-refractivity contribution >= 4 is 0 Å². The number of hydrogen-bond acceptors (Lipinski definition) is 2. The van der Waals surface area contributed by atoms with Gasteiger partial charge in [0.25, 0.3) is 0 Å². The lowest BCUT2D eigenvalue weighted by Crippen LogP contribution is -2.38. The van der Waals surface area contributed by atoms with Crippen LogP contribution in [-0.4, -0.2) is 19.5 Å². The molecular weight excluding hydrogens is 188 g/mol. The summed E-state index contributed by atoms with van der Waals surface area (Å²) < 4.78 is 11.7. The first-order chi connectivity index (χ1) is 7.29. The Hall–Kier alpha value is -0.0800. The van der Waals surface area contributed by atoms with Gasteiger partial charge in [0.1, 0.15) is 0 Å². The SMILES string of the molecule is CCCCCOC1(OC)CCCC1CC. The fraction of sp³-hybridized carbons (Fsp3) is 1.00. The highest BCUT2D eigenvalue weighted by atomic mass is 16.7. The van der Waals surface area contributed by atoms with Gasteiger partial charge in [-0.1, -0.05) is 26.7 Å². The lowest BCUT2D eigenvalue weighted by molar-refractivity contribution is -0.243. The Morgan fingerprint density at radius 1 is 1.27 bits per heavy atom. The molecule has 0 aromatic carbocycles. The van der Waals surface area contributed by atoms with Crippen LogP contribution in [0.5, 0.6) is 0 Å². The molecule has 0 spiro atoms. The average molecular weight is 214 g/mol. The molecule has 1 fully saturated rings. The molecule has 0 aromatic heterocycles. The van der Waals surface area contributed by atoms with Crippen molar-refractivity contribution in [1.82, 2.24) is 0 Å². The topological polar surface area (TPSA) is 18.5 Å². The van der Waals surface area contributed by atoms with E-state index in [4.69, 9.17) is 9.47 Å². The van der Waals surface area contributed by atoms with E-state index in [9.17, 15) is 0 Å². The highest BCUT2D eigenvalue weighted by Gasteiger charge is 2.43. The van der Waals surface area contributed by atoms with Gasteiger partial charge in [0.2, 0.25) is 0 Å². The molecule has 2 unspecified atom stereocenters. The minimum absolute atomic E-state index is 0.248. The van der Waals surface area contributed by atoms with Crippen LogP contribution in [0, 0.1) is 5.92 Å². The third kappa shape index (κ3) is 3.18. The summed E-state index contributed by atoms with van der Waals surface area (Å²) in [6, 6.07) is 0. The third-order valence-electron chi connectivity index (χ3n) is 3.63. The molecule has 2 atom stereocenters. The van der Waals surface area contributed by atoms with Crippen molar-refractivity contribution in [2.24, 2.45) is 5.92 Å². The fourth-order valence-electron chi connectivity index (χ4n) is 2.65. The average Bonchev–Trinajstić information content (AvgIpc) is 2.68. The zero-order chi connectivity index (χ0) is 11.1. The number of methoxy groups -OCH3 is 1. The van der Waals surface area contributed by atoms with E-state index in [-0.39, 0.29) is 5.79 Å². The van der Waals surface area contributed by atoms with E-state index >= 15 is 0 Å². The van der Waals surface area contributed by atoms with Gasteiger partial charge in [-0.05, 0) is 25.7 Å². The molecule has 15 heavy (non-hydrogen) atoms. The quantitative estimate of drug-likeness (QED) is 0.475. The van der Waals surface area contributed by atoms with Gasteiger partial charge in [0.05, 0.1) is 6.61 Å². The summed E-state index contributed by atoms with van der Waals surface area (Å²) in [6.45, 7) is 5.31. The zero-order valence-corrected chi connectivity index (χ0v) is 10.6. The van der Waals surface area contributed by atoms with Crippen molar-refractivity contribution in [3.05, 3.63) is 0 Å². The van der Waals surface area contributed by atoms with Crippen LogP contribution in [0.2, 0.25) is 0 Å². The van der Waals surface area contributed by atoms with Gasteiger partial charge in [0.15, 0.2) is 5.79 Å². The summed E-state index contributed by atoms with van der Waals surface area (Å²) in [5.74, 6) is 0.354. The number of rotatable bonds is 7. The van der Waals surface area contributed by atoms with E-state index in [2.05, 4.69) is 13.8 Å². The Balaban J connectivity index is 2.38. The second-order valence-corrected chi connectivity index (χ2v) is 4.57. The van der Waals surface area contributed by atoms with Crippen molar-refractivity contribution in [3.63, 3.8) is 0 Å². The molecule has 1 saturated carbocycles. The summed E-state index contributed by atoms with van der Waals surface area (Å²) in [6.07, 6.45) is 8.43. The van der Waals surface area contributed by atoms with Gasteiger partial charge < -0.3 is 9.47 Å². The van der Waals surface area contributed by atoms with E-state index in [1.54, 1.807) is 7.11 Å². The maximum atomic E-state index is 6.02. The highest BCUT2D eigenvalue weighted by molar-refractivity contribution is 4.85. The Labute approximate surface area is 94.3 Å². The van der Waals surface area contributed by atoms with Crippen LogP contribution in [0.4, 0.5) is 0 Å². The van der Waals surface area contributed by atoms with Gasteiger partial charge in [-0.15, -0.1) is 0 Å². The molecule has 0 aromatic rings. The number of hydrogen-bond donors (Lipinski definition) is 0. The predicted molar refractivity (Wildman–Crippen MR) is 62.8 cm³/mol. The molecule has 0 N–H and O–H groups in total. The summed E-state index contributed by atoms with van der Waals surface area (Å²) in [5.41, 5.74) is 0. The van der Waals surface area contributed by atoms with Crippen molar-refractivity contribution < 1.29 is 9.47 Å². The summed E-state index contributed by atoms with van der Waals surface area (Å²) >= 11 is 0. The maximum Gasteiger partial charge on any atom is 0.170 e. The summed E-state index contributed by atoms with van der Waals surface area (Å²) in [7, 11) is 1.80. The molecule has 0 amide bonds. The van der Waals surface area contributed by atoms with Gasteiger partial charge in [-0.2, -0.15) is 0 Å². The Bertz CT molecular complexity index is 170. The van der Waals surface area contributed by atoms with Gasteiger partial charge in [0, 0.05) is 19.4 Å². The van der Waals surface area contributed by atoms with Crippen molar-refractivity contribution in [3.8, 4) is 0 Å². The molecular formula is C13H26O2. The summed E-state index contributed by atoms with van der Waals surface area (Å²) in [5, 5.41) is 0. The Morgan fingerprint density at radius 3 is 2.67 bits per heavy atom. The molecule has 1 aliphatic carbocycles. The Morgan fingerprint density at radius 2 is 2.07 bits per heavy atom. The lowest BCUT2D eigenvalue weighted by Gasteiger charge is -2.33. The normalized spacial score (nSPS) is 31.0. The van der Waals surface area contributed by atoms with Crippen LogP contribution >= 0.6 is 0 Å². The number of unbranched alkanes of at least 4 members (excludes halogenated alkanes) is 2. The van der Waals surface area contributed by atoms with Gasteiger partial charge in [-0.3, -0.25) is 0 Å². The molecule has 0 saturated heterocycles. The lowest BCUT2D eigenvalue weighted by atomic mass is 9.99. The minimum Gasteiger partial charge on any atom is -0.353 e. The van der Waals surface area contributed by atoms with Crippen LogP contribution in [0.3, 0.4) is 0 Å². The van der Waals surface area contributed by atoms with Crippen LogP contribution in [0.15, 0.2) is 0 Å². The minimum atomic E-state index is -0.248. The molecule has 0 radical (unpaired) electrons. The van der Waals surface area contributed by atoms with E-state index in [0.29, 0.717) is 5.92 Å². The molecule has 2 nitrogen and oxygen atoms in total. The molecule has 0 heterocycles. The molecule has 2 heteroatoms. The van der Waals surface area contributed by atoms with E-state index in [1.165, 1.54) is 32.1 Å². The summed E-state index contributed by atoms with van der Waals surface area (Å²) in [4.78, 5) is 0. The first kappa shape index (κ1) is 13.0. The van der Waals surface area contributed by atoms with Crippen LogP contribution < -0.4 is 0 Å². The van der Waals surface area contributed by atoms with E-state index < -0.39 is 0 Å². The highest BCUT2D eigenvalue weighted by Crippen LogP contribution is 2.41. The van der Waals surface area contributed by atoms with Gasteiger partial charge >= 0.3 is 0 Å². The molecule has 0 aliphatic heterocycles. The van der Waals surface area contributed by atoms with Crippen LogP contribution in [0.25, 0.3) is 0 Å². The zero-order valence-electron chi connectivity index (χ0n) is 10.6. The van der Waals surface area contributed by atoms with Crippen molar-refractivity contribution in [1.29, 1.82) is 0 Å². The molecule has 1 aliphatic rings. The Kier molecular flexibility index (Phi) is 5.62. The first-order valence-electron chi connectivity index (χ1n) is 6.48. The maximum absolute atomic E-state index is 6.02. The van der Waals surface area contributed by atoms with Crippen molar-refractivity contribution in [2.75, 3.05) is 13.7 Å². The second-order valence-electron chi connectivity index (χ2n) is 4.57. The first-order valence-corrected chi connectivity index (χ1v) is 6.48. The predicted octanol–water partition coefficient (Wildman–Crippen LogP) is 3.75. The van der Waals surface area contributed by atoms with Gasteiger partial charge in [-0.25, -0.2) is 0 Å². The fourth-order valence-corrected chi connectivity index (χ4v) is 2.65. The number of ether oxygens (including phenoxy) is 2. The standard InChI is InChI=1S/C13H26O2/c1-4-6-7-11-15-13(14-3)10-8-9-12(13)5-2/h12H,4-11H2,1-3H3. The van der Waals surface area contributed by atoms with Crippen LogP contribution in [0.1, 0.15) is 58.8 Å². The molecule has 90 valence electrons. The monoisotopic (exact) mass is 214 g/mol. The second kappa shape index (κ2) is 6.49. The van der Waals surface area contributed by atoms with Crippen LogP contribution in [-0.2, 0) is 9.47 Å². The smallest absolute Gasteiger partial charge is 0.170 e. The molecule has 0 bridgehead atoms.